The fraction of sp³-hybridized carbons (Fsp3) is 0.793. The largest absolute Gasteiger partial charge is 0.480 e. The summed E-state index contributed by atoms with van der Waals surface area (Å²) in [7, 11) is 3.29. The highest BCUT2D eigenvalue weighted by atomic mass is 16.4. The Kier molecular flexibility index (Phi) is 15.9. The fourth-order valence-corrected chi connectivity index (χ4v) is 4.87. The molecule has 1 aliphatic rings. The minimum absolute atomic E-state index is 0.00877. The topological polar surface area (TPSA) is 116 Å². The smallest absolute Gasteiger partial charge is 0.326 e. The minimum atomic E-state index is -1.22. The second-order valence-corrected chi connectivity index (χ2v) is 11.1. The second-order valence-electron chi connectivity index (χ2n) is 11.1. The summed E-state index contributed by atoms with van der Waals surface area (Å²) in [5.74, 6) is -2.56. The van der Waals surface area contributed by atoms with Crippen molar-refractivity contribution in [2.24, 2.45) is 17.8 Å². The van der Waals surface area contributed by atoms with E-state index in [1.165, 1.54) is 24.2 Å². The summed E-state index contributed by atoms with van der Waals surface area (Å²) in [6.07, 6.45) is 14.7. The lowest BCUT2D eigenvalue weighted by molar-refractivity contribution is -0.143. The highest BCUT2D eigenvalue weighted by molar-refractivity contribution is 5.91. The predicted molar refractivity (Wildman–Crippen MR) is 147 cm³/mol. The zero-order valence-electron chi connectivity index (χ0n) is 23.8. The van der Waals surface area contributed by atoms with E-state index in [1.807, 2.05) is 26.0 Å². The molecule has 1 rings (SSSR count). The van der Waals surface area contributed by atoms with Gasteiger partial charge < -0.3 is 20.6 Å². The zero-order chi connectivity index (χ0) is 27.8. The summed E-state index contributed by atoms with van der Waals surface area (Å²) in [6, 6.07) is -2.03. The first-order chi connectivity index (χ1) is 17.6. The van der Waals surface area contributed by atoms with Crippen LogP contribution in [0.15, 0.2) is 12.2 Å². The van der Waals surface area contributed by atoms with Crippen LogP contribution in [0.4, 0.5) is 0 Å². The summed E-state index contributed by atoms with van der Waals surface area (Å²) in [4.78, 5) is 52.9. The van der Waals surface area contributed by atoms with E-state index >= 15 is 0 Å². The summed E-state index contributed by atoms with van der Waals surface area (Å²) < 4.78 is 0. The molecule has 0 fully saturated rings. The molecule has 1 aliphatic heterocycles. The number of carbonyl (C=O) groups is 4. The lowest BCUT2D eigenvalue weighted by atomic mass is 9.91. The van der Waals surface area contributed by atoms with E-state index in [4.69, 9.17) is 0 Å². The van der Waals surface area contributed by atoms with E-state index in [9.17, 15) is 24.3 Å². The van der Waals surface area contributed by atoms with E-state index in [2.05, 4.69) is 17.6 Å². The summed E-state index contributed by atoms with van der Waals surface area (Å²) in [6.45, 7) is 6.12. The van der Waals surface area contributed by atoms with Gasteiger partial charge in [-0.15, -0.1) is 0 Å². The van der Waals surface area contributed by atoms with E-state index in [0.717, 1.165) is 44.9 Å². The maximum atomic E-state index is 13.3. The molecule has 0 aromatic rings. The number of carboxylic acid groups (broad SMARTS) is 1. The van der Waals surface area contributed by atoms with Crippen LogP contribution in [0, 0.1) is 17.8 Å². The quantitative estimate of drug-likeness (QED) is 0.285. The molecular weight excluding hydrogens is 470 g/mol. The van der Waals surface area contributed by atoms with Crippen molar-refractivity contribution in [3.63, 3.8) is 0 Å². The molecule has 4 atom stereocenters. The molecule has 0 radical (unpaired) electrons. The van der Waals surface area contributed by atoms with E-state index in [1.54, 1.807) is 14.1 Å². The maximum absolute atomic E-state index is 13.3. The van der Waals surface area contributed by atoms with Gasteiger partial charge in [-0.3, -0.25) is 14.4 Å². The molecule has 0 saturated carbocycles. The minimum Gasteiger partial charge on any atom is -0.480 e. The van der Waals surface area contributed by atoms with Crippen molar-refractivity contribution >= 4 is 23.7 Å². The molecule has 8 heteroatoms. The molecule has 0 aromatic carbocycles. The third-order valence-electron chi connectivity index (χ3n) is 7.05. The van der Waals surface area contributed by atoms with Gasteiger partial charge in [0.15, 0.2) is 0 Å². The van der Waals surface area contributed by atoms with Gasteiger partial charge in [0.1, 0.15) is 12.1 Å². The number of nitrogens with one attached hydrogen (secondary N) is 2. The average Bonchev–Trinajstić information content (AvgIpc) is 2.83. The zero-order valence-corrected chi connectivity index (χ0v) is 23.8. The SMILES string of the molecule is CCCCCCCC1CCCC/C=C/CC(C(=O)N(C)C)CC(C(=O)O)NC(=O)C(CC(C)C)NC1=O. The van der Waals surface area contributed by atoms with Gasteiger partial charge in [0.2, 0.25) is 17.7 Å². The number of nitrogens with zero attached hydrogens (tertiary/aromatic N) is 1. The first kappa shape index (κ1) is 32.6. The Labute approximate surface area is 224 Å². The van der Waals surface area contributed by atoms with Crippen LogP contribution in [0.1, 0.15) is 104 Å². The lowest BCUT2D eigenvalue weighted by Crippen LogP contribution is -2.53. The average molecular weight is 522 g/mol. The van der Waals surface area contributed by atoms with Crippen LogP contribution in [-0.4, -0.2) is 59.9 Å². The highest BCUT2D eigenvalue weighted by Crippen LogP contribution is 2.21. The number of hydrogen-bond acceptors (Lipinski definition) is 4. The van der Waals surface area contributed by atoms with E-state index in [0.29, 0.717) is 12.8 Å². The molecule has 212 valence electrons. The number of amides is 3. The van der Waals surface area contributed by atoms with Gasteiger partial charge in [-0.25, -0.2) is 4.79 Å². The van der Waals surface area contributed by atoms with Crippen LogP contribution in [-0.2, 0) is 19.2 Å². The molecule has 0 aromatic heterocycles. The molecule has 0 spiro atoms. The number of hydrogen-bond donors (Lipinski definition) is 3. The van der Waals surface area contributed by atoms with Crippen LogP contribution >= 0.6 is 0 Å². The standard InChI is InChI=1S/C29H51N3O5/c1-6-7-8-10-13-16-22-17-14-11-9-12-15-18-23(28(35)32(4)5)20-25(29(36)37)31-27(34)24(19-21(2)3)30-26(22)33/h12,15,21-25H,6-11,13-14,16-20H2,1-5H3,(H,30,33)(H,31,34)(H,36,37)/b15-12+. The molecule has 37 heavy (non-hydrogen) atoms. The summed E-state index contributed by atoms with van der Waals surface area (Å²) >= 11 is 0. The Bertz CT molecular complexity index is 750. The first-order valence-electron chi connectivity index (χ1n) is 14.3. The van der Waals surface area contributed by atoms with Gasteiger partial charge in [-0.1, -0.05) is 71.4 Å². The van der Waals surface area contributed by atoms with Crippen molar-refractivity contribution < 1.29 is 24.3 Å². The molecular formula is C29H51N3O5. The van der Waals surface area contributed by atoms with Gasteiger partial charge >= 0.3 is 5.97 Å². The molecule has 4 unspecified atom stereocenters. The van der Waals surface area contributed by atoms with Gasteiger partial charge in [-0.2, -0.15) is 0 Å². The third kappa shape index (κ3) is 13.1. The number of carbonyl (C=O) groups excluding carboxylic acids is 3. The Morgan fingerprint density at radius 2 is 1.73 bits per heavy atom. The summed E-state index contributed by atoms with van der Waals surface area (Å²) in [5, 5.41) is 15.4. The van der Waals surface area contributed by atoms with Crippen molar-refractivity contribution in [1.29, 1.82) is 0 Å². The van der Waals surface area contributed by atoms with Gasteiger partial charge in [0.05, 0.1) is 0 Å². The fourth-order valence-electron chi connectivity index (χ4n) is 4.87. The van der Waals surface area contributed by atoms with Crippen molar-refractivity contribution in [2.75, 3.05) is 14.1 Å². The van der Waals surface area contributed by atoms with Crippen LogP contribution in [0.25, 0.3) is 0 Å². The first-order valence-corrected chi connectivity index (χ1v) is 14.3. The van der Waals surface area contributed by atoms with Crippen LogP contribution in [0.3, 0.4) is 0 Å². The molecule has 3 amide bonds. The Morgan fingerprint density at radius 1 is 1.03 bits per heavy atom. The third-order valence-corrected chi connectivity index (χ3v) is 7.05. The normalized spacial score (nSPS) is 25.2. The van der Waals surface area contributed by atoms with Crippen molar-refractivity contribution in [1.82, 2.24) is 15.5 Å². The molecule has 0 aliphatic carbocycles. The molecule has 0 bridgehead atoms. The van der Waals surface area contributed by atoms with Crippen molar-refractivity contribution in [3.05, 3.63) is 12.2 Å². The van der Waals surface area contributed by atoms with Gasteiger partial charge in [0.25, 0.3) is 0 Å². The second kappa shape index (κ2) is 18.0. The lowest BCUT2D eigenvalue weighted by Gasteiger charge is -2.27. The van der Waals surface area contributed by atoms with Gasteiger partial charge in [0, 0.05) is 25.9 Å². The Hall–Kier alpha value is -2.38. The van der Waals surface area contributed by atoms with E-state index < -0.39 is 29.9 Å². The molecule has 8 nitrogen and oxygen atoms in total. The number of unbranched alkanes of at least 4 members (excludes halogenated alkanes) is 4. The maximum Gasteiger partial charge on any atom is 0.326 e. The molecule has 1 heterocycles. The van der Waals surface area contributed by atoms with Crippen molar-refractivity contribution in [3.8, 4) is 0 Å². The van der Waals surface area contributed by atoms with Crippen molar-refractivity contribution in [2.45, 2.75) is 116 Å². The number of carboxylic acids is 1. The Balaban J connectivity index is 3.15. The number of aliphatic carboxylic acids is 1. The van der Waals surface area contributed by atoms with Gasteiger partial charge in [-0.05, 0) is 50.9 Å². The summed E-state index contributed by atoms with van der Waals surface area (Å²) in [5.41, 5.74) is 0. The number of rotatable bonds is 10. The van der Waals surface area contributed by atoms with E-state index in [-0.39, 0.29) is 30.1 Å². The van der Waals surface area contributed by atoms with Crippen LogP contribution in [0.2, 0.25) is 0 Å². The highest BCUT2D eigenvalue weighted by Gasteiger charge is 2.32. The van der Waals surface area contributed by atoms with Crippen LogP contribution in [0.5, 0.6) is 0 Å². The number of allylic oxidation sites excluding steroid dienone is 2. The monoisotopic (exact) mass is 521 g/mol. The predicted octanol–water partition coefficient (Wildman–Crippen LogP) is 4.68. The van der Waals surface area contributed by atoms with Crippen LogP contribution < -0.4 is 10.6 Å². The Morgan fingerprint density at radius 3 is 2.35 bits per heavy atom. The molecule has 3 N–H and O–H groups in total. The molecule has 0 saturated heterocycles.